The fourth-order valence-electron chi connectivity index (χ4n) is 1.29. The lowest BCUT2D eigenvalue weighted by atomic mass is 10.3. The Hall–Kier alpha value is -2.15. The minimum absolute atomic E-state index is 0.135. The summed E-state index contributed by atoms with van der Waals surface area (Å²) in [7, 11) is 0. The molecule has 0 saturated heterocycles. The molecule has 0 aliphatic rings. The monoisotopic (exact) mass is 237 g/mol. The second-order valence-corrected chi connectivity index (χ2v) is 3.45. The molecule has 2 rings (SSSR count). The van der Waals surface area contributed by atoms with E-state index >= 15 is 0 Å². The van der Waals surface area contributed by atoms with Crippen LogP contribution in [0, 0.1) is 6.92 Å². The van der Waals surface area contributed by atoms with Crippen molar-refractivity contribution in [3.63, 3.8) is 0 Å². The number of carbonyl (C=O) groups is 1. The molecule has 2 aromatic heterocycles. The molecule has 0 bridgehead atoms. The summed E-state index contributed by atoms with van der Waals surface area (Å²) in [5.41, 5.74) is 0.135. The van der Waals surface area contributed by atoms with E-state index in [2.05, 4.69) is 15.5 Å². The van der Waals surface area contributed by atoms with Crippen molar-refractivity contribution < 1.29 is 18.8 Å². The van der Waals surface area contributed by atoms with Crippen molar-refractivity contribution in [2.24, 2.45) is 0 Å². The zero-order chi connectivity index (χ0) is 12.3. The maximum absolute atomic E-state index is 10.6. The molecule has 17 heavy (non-hydrogen) atoms. The first-order chi connectivity index (χ1) is 8.15. The summed E-state index contributed by atoms with van der Waals surface area (Å²) in [6.07, 6.45) is 1.20. The highest BCUT2D eigenvalue weighted by molar-refractivity contribution is 5.87. The number of hydrogen-bond donors (Lipinski definition) is 2. The Bertz CT molecular complexity index is 517. The summed E-state index contributed by atoms with van der Waals surface area (Å²) in [5, 5.41) is 15.3. The van der Waals surface area contributed by atoms with Gasteiger partial charge in [0.1, 0.15) is 12.0 Å². The van der Waals surface area contributed by atoms with Gasteiger partial charge in [-0.15, -0.1) is 0 Å². The normalized spacial score (nSPS) is 10.6. The number of rotatable bonds is 5. The van der Waals surface area contributed by atoms with E-state index in [0.29, 0.717) is 30.6 Å². The van der Waals surface area contributed by atoms with Gasteiger partial charge >= 0.3 is 5.97 Å². The molecule has 0 atom stereocenters. The van der Waals surface area contributed by atoms with E-state index in [1.807, 2.05) is 0 Å². The molecule has 0 aliphatic heterocycles. The number of aromatic carboxylic acids is 1. The summed E-state index contributed by atoms with van der Waals surface area (Å²) in [6.45, 7) is 2.54. The largest absolute Gasteiger partial charge is 0.478 e. The van der Waals surface area contributed by atoms with Gasteiger partial charge < -0.3 is 19.4 Å². The molecular formula is C10H11N3O4. The molecule has 7 nitrogen and oxygen atoms in total. The van der Waals surface area contributed by atoms with E-state index < -0.39 is 5.97 Å². The van der Waals surface area contributed by atoms with E-state index in [-0.39, 0.29) is 5.56 Å². The average molecular weight is 237 g/mol. The van der Waals surface area contributed by atoms with Crippen LogP contribution >= 0.6 is 0 Å². The van der Waals surface area contributed by atoms with E-state index in [1.165, 1.54) is 12.3 Å². The molecule has 0 saturated carbocycles. The van der Waals surface area contributed by atoms with Crippen LogP contribution in [-0.4, -0.2) is 21.2 Å². The van der Waals surface area contributed by atoms with Crippen LogP contribution in [0.15, 0.2) is 21.3 Å². The van der Waals surface area contributed by atoms with Crippen LogP contribution in [0.5, 0.6) is 0 Å². The molecule has 0 amide bonds. The fraction of sp³-hybridized carbons (Fsp3) is 0.300. The van der Waals surface area contributed by atoms with Gasteiger partial charge in [-0.05, 0) is 13.0 Å². The Morgan fingerprint density at radius 2 is 2.35 bits per heavy atom. The van der Waals surface area contributed by atoms with Gasteiger partial charge in [0, 0.05) is 0 Å². The number of hydrogen-bond acceptors (Lipinski definition) is 6. The van der Waals surface area contributed by atoms with Crippen molar-refractivity contribution in [1.29, 1.82) is 0 Å². The van der Waals surface area contributed by atoms with Crippen LogP contribution < -0.4 is 5.32 Å². The van der Waals surface area contributed by atoms with Crippen LogP contribution in [0.3, 0.4) is 0 Å². The number of aryl methyl sites for hydroxylation is 1. The first-order valence-electron chi connectivity index (χ1n) is 4.96. The predicted octanol–water partition coefficient (Wildman–Crippen LogP) is 0.959. The zero-order valence-corrected chi connectivity index (χ0v) is 9.14. The summed E-state index contributed by atoms with van der Waals surface area (Å²) >= 11 is 0. The summed E-state index contributed by atoms with van der Waals surface area (Å²) in [4.78, 5) is 14.6. The van der Waals surface area contributed by atoms with Gasteiger partial charge in [0.2, 0.25) is 5.89 Å². The third-order valence-electron chi connectivity index (χ3n) is 2.05. The Labute approximate surface area is 96.4 Å². The SMILES string of the molecule is Cc1noc(CNCc2cc(C(=O)O)co2)n1. The smallest absolute Gasteiger partial charge is 0.338 e. The molecule has 90 valence electrons. The third-order valence-corrected chi connectivity index (χ3v) is 2.05. The molecule has 0 spiro atoms. The molecule has 0 unspecified atom stereocenters. The van der Waals surface area contributed by atoms with Crippen molar-refractivity contribution in [2.75, 3.05) is 0 Å². The van der Waals surface area contributed by atoms with Gasteiger partial charge in [0.05, 0.1) is 18.7 Å². The standard InChI is InChI=1S/C10H11N3O4/c1-6-12-9(17-13-6)4-11-3-8-2-7(5-16-8)10(14)15/h2,5,11H,3-4H2,1H3,(H,14,15). The van der Waals surface area contributed by atoms with E-state index in [1.54, 1.807) is 6.92 Å². The lowest BCUT2D eigenvalue weighted by molar-refractivity contribution is 0.0696. The maximum atomic E-state index is 10.6. The van der Waals surface area contributed by atoms with Gasteiger partial charge in [-0.25, -0.2) is 4.79 Å². The van der Waals surface area contributed by atoms with Crippen LogP contribution in [-0.2, 0) is 13.1 Å². The Morgan fingerprint density at radius 1 is 1.53 bits per heavy atom. The molecule has 0 aliphatic carbocycles. The second-order valence-electron chi connectivity index (χ2n) is 3.45. The Morgan fingerprint density at radius 3 is 2.94 bits per heavy atom. The number of nitrogens with zero attached hydrogens (tertiary/aromatic N) is 2. The van der Waals surface area contributed by atoms with Gasteiger partial charge in [-0.2, -0.15) is 4.98 Å². The van der Waals surface area contributed by atoms with Gasteiger partial charge in [-0.1, -0.05) is 5.16 Å². The highest BCUT2D eigenvalue weighted by Crippen LogP contribution is 2.07. The Kier molecular flexibility index (Phi) is 3.20. The first kappa shape index (κ1) is 11.3. The van der Waals surface area contributed by atoms with Gasteiger partial charge in [0.15, 0.2) is 5.82 Å². The van der Waals surface area contributed by atoms with Crippen molar-refractivity contribution in [3.05, 3.63) is 35.4 Å². The first-order valence-corrected chi connectivity index (χ1v) is 4.96. The topological polar surface area (TPSA) is 101 Å². The van der Waals surface area contributed by atoms with Crippen LogP contribution in [0.2, 0.25) is 0 Å². The molecule has 2 N–H and O–H groups in total. The number of nitrogens with one attached hydrogen (secondary N) is 1. The zero-order valence-electron chi connectivity index (χ0n) is 9.14. The van der Waals surface area contributed by atoms with Crippen molar-refractivity contribution in [3.8, 4) is 0 Å². The number of carboxylic acids is 1. The quantitative estimate of drug-likeness (QED) is 0.798. The number of furan rings is 1. The number of carboxylic acid groups (broad SMARTS) is 1. The predicted molar refractivity (Wildman–Crippen MR) is 55.2 cm³/mol. The number of aromatic nitrogens is 2. The van der Waals surface area contributed by atoms with Crippen molar-refractivity contribution >= 4 is 5.97 Å². The van der Waals surface area contributed by atoms with Crippen LogP contribution in [0.4, 0.5) is 0 Å². The van der Waals surface area contributed by atoms with Gasteiger partial charge in [-0.3, -0.25) is 0 Å². The molecule has 0 radical (unpaired) electrons. The minimum atomic E-state index is -1.01. The highest BCUT2D eigenvalue weighted by Gasteiger charge is 2.08. The summed E-state index contributed by atoms with van der Waals surface area (Å²) in [6, 6.07) is 1.47. The van der Waals surface area contributed by atoms with Crippen LogP contribution in [0.25, 0.3) is 0 Å². The van der Waals surface area contributed by atoms with E-state index in [4.69, 9.17) is 14.0 Å². The van der Waals surface area contributed by atoms with Gasteiger partial charge in [0.25, 0.3) is 0 Å². The highest BCUT2D eigenvalue weighted by atomic mass is 16.5. The maximum Gasteiger partial charge on any atom is 0.338 e. The molecule has 2 heterocycles. The second kappa shape index (κ2) is 4.79. The van der Waals surface area contributed by atoms with E-state index in [0.717, 1.165) is 0 Å². The molecule has 0 fully saturated rings. The lowest BCUT2D eigenvalue weighted by Crippen LogP contribution is -2.12. The fourth-order valence-corrected chi connectivity index (χ4v) is 1.29. The molecule has 0 aromatic carbocycles. The third kappa shape index (κ3) is 2.91. The summed E-state index contributed by atoms with van der Waals surface area (Å²) in [5.74, 6) is 0.589. The summed E-state index contributed by atoms with van der Waals surface area (Å²) < 4.78 is 9.96. The minimum Gasteiger partial charge on any atom is -0.478 e. The van der Waals surface area contributed by atoms with Crippen LogP contribution in [0.1, 0.15) is 27.8 Å². The van der Waals surface area contributed by atoms with Crippen molar-refractivity contribution in [1.82, 2.24) is 15.5 Å². The lowest BCUT2D eigenvalue weighted by Gasteiger charge is -1.96. The van der Waals surface area contributed by atoms with Crippen molar-refractivity contribution in [2.45, 2.75) is 20.0 Å². The Balaban J connectivity index is 1.83. The molecular weight excluding hydrogens is 226 g/mol. The van der Waals surface area contributed by atoms with E-state index in [9.17, 15) is 4.79 Å². The molecule has 2 aromatic rings. The average Bonchev–Trinajstić information content (AvgIpc) is 2.88. The molecule has 7 heteroatoms.